The number of benzene rings is 1. The first kappa shape index (κ1) is 19.2. The van der Waals surface area contributed by atoms with Gasteiger partial charge in [0, 0.05) is 18.8 Å². The van der Waals surface area contributed by atoms with E-state index >= 15 is 0 Å². The van der Waals surface area contributed by atoms with Crippen molar-refractivity contribution in [1.29, 1.82) is 0 Å². The number of likely N-dealkylation sites (tertiary alicyclic amines) is 1. The van der Waals surface area contributed by atoms with Gasteiger partial charge in [-0.25, -0.2) is 14.8 Å². The molecule has 1 saturated heterocycles. The predicted molar refractivity (Wildman–Crippen MR) is 106 cm³/mol. The van der Waals surface area contributed by atoms with Gasteiger partial charge in [-0.15, -0.1) is 11.8 Å². The SMILES string of the molecule is CC(C)(C)OC(=O)N1CCC[C@@H](CSc2nc3ccccc3nc2Cl)C1. The predicted octanol–water partition coefficient (Wildman–Crippen LogP) is 5.02. The van der Waals surface area contributed by atoms with E-state index < -0.39 is 5.60 Å². The van der Waals surface area contributed by atoms with Crippen molar-refractivity contribution in [2.24, 2.45) is 5.92 Å². The number of hydrogen-bond donors (Lipinski definition) is 0. The lowest BCUT2D eigenvalue weighted by Crippen LogP contribution is -2.43. The molecule has 1 aromatic heterocycles. The minimum atomic E-state index is -0.465. The third-order valence-corrected chi connectivity index (χ3v) is 5.70. The first-order valence-corrected chi connectivity index (χ1v) is 10.2. The van der Waals surface area contributed by atoms with Crippen LogP contribution in [0, 0.1) is 5.92 Å². The molecule has 0 aliphatic carbocycles. The van der Waals surface area contributed by atoms with Crippen LogP contribution in [-0.2, 0) is 4.74 Å². The Hall–Kier alpha value is -1.53. The van der Waals surface area contributed by atoms with Gasteiger partial charge in [-0.1, -0.05) is 23.7 Å². The number of rotatable bonds is 3. The summed E-state index contributed by atoms with van der Waals surface area (Å²) < 4.78 is 5.49. The molecule has 2 aromatic rings. The van der Waals surface area contributed by atoms with Gasteiger partial charge in [0.05, 0.1) is 11.0 Å². The molecule has 0 saturated carbocycles. The number of para-hydroxylation sites is 2. The highest BCUT2D eigenvalue weighted by atomic mass is 35.5. The number of thioether (sulfide) groups is 1. The molecule has 1 aromatic carbocycles. The Balaban J connectivity index is 1.61. The van der Waals surface area contributed by atoms with Crippen molar-refractivity contribution >= 4 is 40.5 Å². The Kier molecular flexibility index (Phi) is 5.92. The van der Waals surface area contributed by atoms with E-state index in [4.69, 9.17) is 16.3 Å². The molecule has 140 valence electrons. The van der Waals surface area contributed by atoms with E-state index in [9.17, 15) is 4.79 Å². The quantitative estimate of drug-likeness (QED) is 0.685. The maximum atomic E-state index is 12.3. The van der Waals surface area contributed by atoms with Crippen molar-refractivity contribution in [3.8, 4) is 0 Å². The van der Waals surface area contributed by atoms with Crippen LogP contribution in [0.2, 0.25) is 5.15 Å². The Morgan fingerprint density at radius 1 is 1.31 bits per heavy atom. The lowest BCUT2D eigenvalue weighted by atomic mass is 10.0. The molecule has 0 N–H and O–H groups in total. The van der Waals surface area contributed by atoms with Gasteiger partial charge in [-0.05, 0) is 51.7 Å². The number of carbonyl (C=O) groups is 1. The van der Waals surface area contributed by atoms with E-state index in [1.165, 1.54) is 0 Å². The largest absolute Gasteiger partial charge is 0.444 e. The first-order chi connectivity index (χ1) is 12.3. The highest BCUT2D eigenvalue weighted by Gasteiger charge is 2.27. The van der Waals surface area contributed by atoms with Crippen molar-refractivity contribution in [3.05, 3.63) is 29.4 Å². The fourth-order valence-corrected chi connectivity index (χ4v) is 4.23. The van der Waals surface area contributed by atoms with Crippen LogP contribution in [0.25, 0.3) is 11.0 Å². The average molecular weight is 394 g/mol. The summed E-state index contributed by atoms with van der Waals surface area (Å²) in [6.45, 7) is 7.14. The van der Waals surface area contributed by atoms with E-state index in [0.29, 0.717) is 17.6 Å². The second-order valence-corrected chi connectivity index (χ2v) is 8.92. The molecule has 1 aliphatic rings. The Bertz CT molecular complexity index is 794. The Morgan fingerprint density at radius 2 is 2.00 bits per heavy atom. The van der Waals surface area contributed by atoms with Gasteiger partial charge in [-0.3, -0.25) is 0 Å². The summed E-state index contributed by atoms with van der Waals surface area (Å²) in [6, 6.07) is 7.71. The molecule has 1 fully saturated rings. The van der Waals surface area contributed by atoms with E-state index in [1.807, 2.05) is 49.9 Å². The lowest BCUT2D eigenvalue weighted by molar-refractivity contribution is 0.0177. The molecular weight excluding hydrogens is 370 g/mol. The van der Waals surface area contributed by atoms with E-state index in [2.05, 4.69) is 9.97 Å². The molecule has 0 spiro atoms. The standard InChI is InChI=1S/C19H24ClN3O2S/c1-19(2,3)25-18(24)23-10-6-7-13(11-23)12-26-17-16(20)21-14-8-4-5-9-15(14)22-17/h4-5,8-9,13H,6-7,10-12H2,1-3H3/t13-/m1/s1. The van der Waals surface area contributed by atoms with E-state index in [0.717, 1.165) is 41.2 Å². The van der Waals surface area contributed by atoms with Crippen molar-refractivity contribution in [2.75, 3.05) is 18.8 Å². The normalized spacial score (nSPS) is 18.2. The summed E-state index contributed by atoms with van der Waals surface area (Å²) in [5.41, 5.74) is 1.18. The molecule has 1 amide bonds. The Labute approximate surface area is 163 Å². The number of fused-ring (bicyclic) bond motifs is 1. The molecule has 7 heteroatoms. The van der Waals surface area contributed by atoms with Crippen LogP contribution in [-0.4, -0.2) is 45.4 Å². The lowest BCUT2D eigenvalue weighted by Gasteiger charge is -2.34. The van der Waals surface area contributed by atoms with Crippen LogP contribution in [0.4, 0.5) is 4.79 Å². The fraction of sp³-hybridized carbons (Fsp3) is 0.526. The number of piperidine rings is 1. The number of aromatic nitrogens is 2. The van der Waals surface area contributed by atoms with E-state index in [-0.39, 0.29) is 6.09 Å². The molecule has 0 unspecified atom stereocenters. The third-order valence-electron chi connectivity index (χ3n) is 4.13. The summed E-state index contributed by atoms with van der Waals surface area (Å²) in [5.74, 6) is 1.25. The highest BCUT2D eigenvalue weighted by Crippen LogP contribution is 2.30. The van der Waals surface area contributed by atoms with Crippen LogP contribution in [0.1, 0.15) is 33.6 Å². The fourth-order valence-electron chi connectivity index (χ4n) is 2.94. The number of ether oxygens (including phenoxy) is 1. The van der Waals surface area contributed by atoms with Crippen LogP contribution >= 0.6 is 23.4 Å². The van der Waals surface area contributed by atoms with Gasteiger partial charge in [0.25, 0.3) is 0 Å². The molecular formula is C19H24ClN3O2S. The zero-order valence-corrected chi connectivity index (χ0v) is 16.9. The number of hydrogen-bond acceptors (Lipinski definition) is 5. The second kappa shape index (κ2) is 8.01. The average Bonchev–Trinajstić information content (AvgIpc) is 2.58. The molecule has 2 heterocycles. The molecule has 1 atom stereocenters. The zero-order chi connectivity index (χ0) is 18.7. The topological polar surface area (TPSA) is 55.3 Å². The minimum Gasteiger partial charge on any atom is -0.444 e. The number of amides is 1. The van der Waals surface area contributed by atoms with Crippen LogP contribution in [0.15, 0.2) is 29.3 Å². The van der Waals surface area contributed by atoms with E-state index in [1.54, 1.807) is 11.8 Å². The zero-order valence-electron chi connectivity index (χ0n) is 15.4. The number of nitrogens with zero attached hydrogens (tertiary/aromatic N) is 3. The van der Waals surface area contributed by atoms with Crippen molar-refractivity contribution in [2.45, 2.75) is 44.2 Å². The summed E-state index contributed by atoms with van der Waals surface area (Å²) in [5, 5.41) is 1.19. The summed E-state index contributed by atoms with van der Waals surface area (Å²) in [7, 11) is 0. The first-order valence-electron chi connectivity index (χ1n) is 8.85. The second-order valence-electron chi connectivity index (χ2n) is 7.55. The minimum absolute atomic E-state index is 0.226. The summed E-state index contributed by atoms with van der Waals surface area (Å²) in [4.78, 5) is 23.1. The smallest absolute Gasteiger partial charge is 0.410 e. The molecule has 5 nitrogen and oxygen atoms in total. The number of halogens is 1. The third kappa shape index (κ3) is 5.01. The van der Waals surface area contributed by atoms with Gasteiger partial charge >= 0.3 is 6.09 Å². The highest BCUT2D eigenvalue weighted by molar-refractivity contribution is 7.99. The monoisotopic (exact) mass is 393 g/mol. The van der Waals surface area contributed by atoms with Gasteiger partial charge in [0.1, 0.15) is 10.6 Å². The van der Waals surface area contributed by atoms with Gasteiger partial charge in [-0.2, -0.15) is 0 Å². The Morgan fingerprint density at radius 3 is 2.69 bits per heavy atom. The molecule has 0 radical (unpaired) electrons. The van der Waals surface area contributed by atoms with Crippen LogP contribution in [0.5, 0.6) is 0 Å². The maximum absolute atomic E-state index is 12.3. The molecule has 3 rings (SSSR count). The molecule has 1 aliphatic heterocycles. The summed E-state index contributed by atoms with van der Waals surface area (Å²) >= 11 is 7.90. The van der Waals surface area contributed by atoms with Crippen LogP contribution in [0.3, 0.4) is 0 Å². The van der Waals surface area contributed by atoms with Gasteiger partial charge < -0.3 is 9.64 Å². The van der Waals surface area contributed by atoms with Crippen molar-refractivity contribution < 1.29 is 9.53 Å². The molecule has 26 heavy (non-hydrogen) atoms. The molecule has 0 bridgehead atoms. The summed E-state index contributed by atoms with van der Waals surface area (Å²) in [6.07, 6.45) is 1.85. The van der Waals surface area contributed by atoms with Gasteiger partial charge in [0.15, 0.2) is 5.15 Å². The maximum Gasteiger partial charge on any atom is 0.410 e. The van der Waals surface area contributed by atoms with Crippen molar-refractivity contribution in [1.82, 2.24) is 14.9 Å². The number of carbonyl (C=O) groups excluding carboxylic acids is 1. The van der Waals surface area contributed by atoms with Gasteiger partial charge in [0.2, 0.25) is 0 Å². The van der Waals surface area contributed by atoms with Crippen LogP contribution < -0.4 is 0 Å². The van der Waals surface area contributed by atoms with Crippen molar-refractivity contribution in [3.63, 3.8) is 0 Å².